The summed E-state index contributed by atoms with van der Waals surface area (Å²) in [6.45, 7) is 3.05. The molecule has 0 aromatic heterocycles. The van der Waals surface area contributed by atoms with Gasteiger partial charge in [-0.05, 0) is 36.0 Å². The Morgan fingerprint density at radius 1 is 1.36 bits per heavy atom. The number of alkyl halides is 2. The van der Waals surface area contributed by atoms with Crippen molar-refractivity contribution in [1.82, 2.24) is 0 Å². The van der Waals surface area contributed by atoms with Crippen LogP contribution in [-0.2, 0) is 12.3 Å². The van der Waals surface area contributed by atoms with Crippen LogP contribution in [0.2, 0.25) is 0 Å². The Bertz CT molecular complexity index is 350. The molecule has 0 aliphatic heterocycles. The average molecular weight is 196 g/mol. The zero-order valence-electron chi connectivity index (χ0n) is 8.48. The van der Waals surface area contributed by atoms with Crippen molar-refractivity contribution in [2.75, 3.05) is 0 Å². The lowest BCUT2D eigenvalue weighted by Crippen LogP contribution is -2.07. The van der Waals surface area contributed by atoms with Crippen molar-refractivity contribution in [2.45, 2.75) is 38.5 Å². The highest BCUT2D eigenvalue weighted by Gasteiger charge is 2.27. The number of aryl methyl sites for hydroxylation is 1. The van der Waals surface area contributed by atoms with Gasteiger partial charge in [0.15, 0.2) is 0 Å². The van der Waals surface area contributed by atoms with E-state index in [0.717, 1.165) is 25.3 Å². The van der Waals surface area contributed by atoms with Crippen LogP contribution in [0.15, 0.2) is 18.2 Å². The third-order valence-electron chi connectivity index (χ3n) is 3.03. The largest absolute Gasteiger partial charge is 0.270 e. The molecular formula is C12H14F2. The second-order valence-corrected chi connectivity index (χ2v) is 4.24. The molecule has 0 nitrogen and oxygen atoms in total. The molecule has 0 heterocycles. The average Bonchev–Trinajstić information content (AvgIpc) is 2.46. The Morgan fingerprint density at radius 3 is 2.71 bits per heavy atom. The van der Waals surface area contributed by atoms with Crippen LogP contribution in [0.5, 0.6) is 0 Å². The molecule has 1 unspecified atom stereocenters. The van der Waals surface area contributed by atoms with Crippen molar-refractivity contribution >= 4 is 0 Å². The zero-order chi connectivity index (χ0) is 10.3. The fourth-order valence-electron chi connectivity index (χ4n) is 2.08. The normalized spacial score (nSPS) is 21.0. The van der Waals surface area contributed by atoms with Gasteiger partial charge in [0.1, 0.15) is 0 Å². The minimum absolute atomic E-state index is 0.144. The molecule has 0 fully saturated rings. The summed E-state index contributed by atoms with van der Waals surface area (Å²) in [7, 11) is 0. The summed E-state index contributed by atoms with van der Waals surface area (Å²) in [4.78, 5) is 0. The van der Waals surface area contributed by atoms with Gasteiger partial charge in [-0.2, -0.15) is 0 Å². The fraction of sp³-hybridized carbons (Fsp3) is 0.500. The molecule has 0 amide bonds. The van der Waals surface area contributed by atoms with E-state index in [0.29, 0.717) is 5.92 Å². The highest BCUT2D eigenvalue weighted by atomic mass is 19.3. The first-order chi connectivity index (χ1) is 6.48. The number of hydrogen-bond acceptors (Lipinski definition) is 0. The molecule has 1 aliphatic rings. The molecule has 0 saturated heterocycles. The number of fused-ring (bicyclic) bond motifs is 1. The monoisotopic (exact) mass is 196 g/mol. The van der Waals surface area contributed by atoms with Crippen molar-refractivity contribution in [3.63, 3.8) is 0 Å². The smallest absolute Gasteiger partial charge is 0.202 e. The summed E-state index contributed by atoms with van der Waals surface area (Å²) >= 11 is 0. The van der Waals surface area contributed by atoms with Gasteiger partial charge in [-0.1, -0.05) is 19.1 Å². The predicted molar refractivity (Wildman–Crippen MR) is 52.7 cm³/mol. The van der Waals surface area contributed by atoms with Crippen molar-refractivity contribution in [3.8, 4) is 0 Å². The van der Waals surface area contributed by atoms with Crippen LogP contribution in [0.25, 0.3) is 0 Å². The van der Waals surface area contributed by atoms with Crippen LogP contribution >= 0.6 is 0 Å². The van der Waals surface area contributed by atoms with Gasteiger partial charge in [0.2, 0.25) is 0 Å². The molecule has 0 saturated carbocycles. The van der Waals surface area contributed by atoms with Crippen LogP contribution in [-0.4, -0.2) is 0 Å². The fourth-order valence-corrected chi connectivity index (χ4v) is 2.08. The minimum Gasteiger partial charge on any atom is -0.202 e. The molecule has 1 atom stereocenters. The number of benzene rings is 1. The summed E-state index contributed by atoms with van der Waals surface area (Å²) in [5.74, 6) is -2.27. The standard InChI is InChI=1S/C12H14F2/c1-8-3-4-9-5-6-10(7-11(8)9)12(2,13)14/h5-8H,3-4H2,1-2H3. The molecule has 1 aromatic carbocycles. The molecule has 1 aromatic rings. The second-order valence-electron chi connectivity index (χ2n) is 4.24. The third-order valence-corrected chi connectivity index (χ3v) is 3.03. The van der Waals surface area contributed by atoms with Gasteiger partial charge in [-0.3, -0.25) is 0 Å². The summed E-state index contributed by atoms with van der Waals surface area (Å²) < 4.78 is 26.1. The Kier molecular flexibility index (Phi) is 2.09. The quantitative estimate of drug-likeness (QED) is 0.640. The topological polar surface area (TPSA) is 0 Å². The van der Waals surface area contributed by atoms with E-state index >= 15 is 0 Å². The molecule has 0 N–H and O–H groups in total. The molecule has 0 spiro atoms. The highest BCUT2D eigenvalue weighted by molar-refractivity contribution is 5.39. The molecule has 1 aliphatic carbocycles. The molecule has 0 bridgehead atoms. The second kappa shape index (κ2) is 3.04. The highest BCUT2D eigenvalue weighted by Crippen LogP contribution is 2.36. The molecule has 0 radical (unpaired) electrons. The summed E-state index contributed by atoms with van der Waals surface area (Å²) in [5, 5.41) is 0. The lowest BCUT2D eigenvalue weighted by atomic mass is 9.99. The van der Waals surface area contributed by atoms with Crippen molar-refractivity contribution in [3.05, 3.63) is 34.9 Å². The Balaban J connectivity index is 2.45. The van der Waals surface area contributed by atoms with Gasteiger partial charge >= 0.3 is 0 Å². The van der Waals surface area contributed by atoms with Crippen molar-refractivity contribution < 1.29 is 8.78 Å². The van der Waals surface area contributed by atoms with Crippen molar-refractivity contribution in [2.24, 2.45) is 0 Å². The summed E-state index contributed by atoms with van der Waals surface area (Å²) in [6.07, 6.45) is 2.13. The lowest BCUT2D eigenvalue weighted by Gasteiger charge is -2.13. The van der Waals surface area contributed by atoms with E-state index in [1.807, 2.05) is 6.07 Å². The van der Waals surface area contributed by atoms with E-state index in [1.165, 1.54) is 5.56 Å². The zero-order valence-corrected chi connectivity index (χ0v) is 8.48. The first kappa shape index (κ1) is 9.63. The SMILES string of the molecule is CC1CCc2ccc(C(C)(F)F)cc21. The molecule has 14 heavy (non-hydrogen) atoms. The van der Waals surface area contributed by atoms with E-state index in [9.17, 15) is 8.78 Å². The maximum Gasteiger partial charge on any atom is 0.270 e. The van der Waals surface area contributed by atoms with Crippen LogP contribution in [0, 0.1) is 0 Å². The Morgan fingerprint density at radius 2 is 2.07 bits per heavy atom. The molecule has 2 rings (SSSR count). The van der Waals surface area contributed by atoms with Gasteiger partial charge in [-0.25, -0.2) is 8.78 Å². The van der Waals surface area contributed by atoms with Crippen LogP contribution < -0.4 is 0 Å². The summed E-state index contributed by atoms with van der Waals surface area (Å²) in [6, 6.07) is 5.08. The molecule has 76 valence electrons. The Labute approximate surface area is 82.9 Å². The molecular weight excluding hydrogens is 182 g/mol. The van der Waals surface area contributed by atoms with Gasteiger partial charge in [0.05, 0.1) is 0 Å². The number of halogens is 2. The van der Waals surface area contributed by atoms with Gasteiger partial charge in [0.25, 0.3) is 5.92 Å². The van der Waals surface area contributed by atoms with Crippen molar-refractivity contribution in [1.29, 1.82) is 0 Å². The predicted octanol–water partition coefficient (Wildman–Crippen LogP) is 3.85. The van der Waals surface area contributed by atoms with E-state index < -0.39 is 5.92 Å². The third kappa shape index (κ3) is 1.54. The summed E-state index contributed by atoms with van der Waals surface area (Å²) in [5.41, 5.74) is 2.50. The van der Waals surface area contributed by atoms with E-state index in [4.69, 9.17) is 0 Å². The van der Waals surface area contributed by atoms with Crippen LogP contribution in [0.3, 0.4) is 0 Å². The first-order valence-electron chi connectivity index (χ1n) is 4.99. The molecule has 2 heteroatoms. The minimum atomic E-state index is -2.71. The maximum atomic E-state index is 13.1. The number of hydrogen-bond donors (Lipinski definition) is 0. The first-order valence-corrected chi connectivity index (χ1v) is 4.99. The number of rotatable bonds is 1. The van der Waals surface area contributed by atoms with E-state index in [2.05, 4.69) is 6.92 Å². The maximum absolute atomic E-state index is 13.1. The lowest BCUT2D eigenvalue weighted by molar-refractivity contribution is 0.0174. The van der Waals surface area contributed by atoms with Crippen LogP contribution in [0.4, 0.5) is 8.78 Å². The Hall–Kier alpha value is -0.920. The van der Waals surface area contributed by atoms with E-state index in [1.54, 1.807) is 12.1 Å². The van der Waals surface area contributed by atoms with Gasteiger partial charge < -0.3 is 0 Å². The van der Waals surface area contributed by atoms with Crippen LogP contribution in [0.1, 0.15) is 42.9 Å². The van der Waals surface area contributed by atoms with Gasteiger partial charge in [-0.15, -0.1) is 0 Å². The van der Waals surface area contributed by atoms with Gasteiger partial charge in [0, 0.05) is 12.5 Å². The van der Waals surface area contributed by atoms with E-state index in [-0.39, 0.29) is 5.56 Å².